The Labute approximate surface area is 290 Å². The van der Waals surface area contributed by atoms with Crippen LogP contribution in [0.4, 0.5) is 0 Å². The molecule has 14 heteroatoms. The number of benzene rings is 3. The fourth-order valence-corrected chi connectivity index (χ4v) is 6.49. The number of phenolic OH excluding ortho intramolecular Hbond substituents is 1. The number of nitrogens with zero attached hydrogens (tertiary/aromatic N) is 1. The SMILES string of the molecule is COc1cc(O)cc(OC)c1C[C@H](N)C(=O)N[C@@H]1CCCNC(=O)CNC(=O)[C@H]2CCCN2C(=O)[C@H](Cc2ccc3ccccc3c2)NC1=O. The van der Waals surface area contributed by atoms with Gasteiger partial charge in [0.05, 0.1) is 26.8 Å². The number of hydrogen-bond donors (Lipinski definition) is 6. The Morgan fingerprint density at radius 3 is 2.40 bits per heavy atom. The van der Waals surface area contributed by atoms with Crippen LogP contribution in [0.2, 0.25) is 0 Å². The van der Waals surface area contributed by atoms with Crippen LogP contribution in [0.3, 0.4) is 0 Å². The molecule has 0 aromatic heterocycles. The molecule has 0 bridgehead atoms. The third-order valence-electron chi connectivity index (χ3n) is 9.11. The Balaban J connectivity index is 1.41. The number of carbonyl (C=O) groups excluding carboxylic acids is 5. The molecule has 7 N–H and O–H groups in total. The number of methoxy groups -OCH3 is 2. The number of fused-ring (bicyclic) bond motifs is 2. The van der Waals surface area contributed by atoms with Crippen molar-refractivity contribution in [3.63, 3.8) is 0 Å². The van der Waals surface area contributed by atoms with Crippen LogP contribution in [0.25, 0.3) is 10.8 Å². The lowest BCUT2D eigenvalue weighted by Gasteiger charge is -2.30. The van der Waals surface area contributed by atoms with Gasteiger partial charge in [0.15, 0.2) is 0 Å². The molecule has 2 aliphatic rings. The van der Waals surface area contributed by atoms with Crippen LogP contribution >= 0.6 is 0 Å². The highest BCUT2D eigenvalue weighted by molar-refractivity contribution is 5.96. The minimum atomic E-state index is -1.15. The largest absolute Gasteiger partial charge is 0.508 e. The zero-order chi connectivity index (χ0) is 35.8. The molecule has 4 atom stereocenters. The van der Waals surface area contributed by atoms with E-state index < -0.39 is 53.7 Å². The van der Waals surface area contributed by atoms with E-state index in [1.165, 1.54) is 31.3 Å². The highest BCUT2D eigenvalue weighted by Gasteiger charge is 2.39. The summed E-state index contributed by atoms with van der Waals surface area (Å²) in [4.78, 5) is 68.7. The van der Waals surface area contributed by atoms with Crippen LogP contribution in [-0.4, -0.2) is 97.6 Å². The molecule has 0 aliphatic carbocycles. The number of phenols is 1. The van der Waals surface area contributed by atoms with Crippen molar-refractivity contribution in [1.29, 1.82) is 0 Å². The Bertz CT molecular complexity index is 1720. The number of nitrogens with one attached hydrogen (secondary N) is 4. The molecule has 2 heterocycles. The molecule has 2 saturated heterocycles. The highest BCUT2D eigenvalue weighted by Crippen LogP contribution is 2.34. The first-order valence-corrected chi connectivity index (χ1v) is 16.7. The smallest absolute Gasteiger partial charge is 0.246 e. The van der Waals surface area contributed by atoms with Crippen molar-refractivity contribution in [2.24, 2.45) is 5.73 Å². The summed E-state index contributed by atoms with van der Waals surface area (Å²) in [5.41, 5.74) is 7.59. The number of nitrogens with two attached hydrogens (primary N) is 1. The van der Waals surface area contributed by atoms with Crippen molar-refractivity contribution in [3.05, 3.63) is 65.7 Å². The maximum absolute atomic E-state index is 14.2. The zero-order valence-electron chi connectivity index (χ0n) is 28.2. The van der Waals surface area contributed by atoms with Crippen molar-refractivity contribution in [3.8, 4) is 17.2 Å². The molecule has 3 aromatic carbocycles. The molecule has 0 unspecified atom stereocenters. The number of rotatable bonds is 8. The van der Waals surface area contributed by atoms with Crippen LogP contribution in [0.1, 0.15) is 36.8 Å². The van der Waals surface area contributed by atoms with Crippen molar-refractivity contribution >= 4 is 40.3 Å². The summed E-state index contributed by atoms with van der Waals surface area (Å²) < 4.78 is 10.7. The number of carbonyl (C=O) groups is 5. The first kappa shape index (κ1) is 35.9. The van der Waals surface area contributed by atoms with E-state index in [1.54, 1.807) is 0 Å². The fourth-order valence-electron chi connectivity index (χ4n) is 6.49. The van der Waals surface area contributed by atoms with Gasteiger partial charge in [-0.2, -0.15) is 0 Å². The Kier molecular flexibility index (Phi) is 11.8. The summed E-state index contributed by atoms with van der Waals surface area (Å²) in [7, 11) is 2.82. The summed E-state index contributed by atoms with van der Waals surface area (Å²) in [6.07, 6.45) is 1.52. The molecule has 0 spiro atoms. The van der Waals surface area contributed by atoms with Crippen molar-refractivity contribution in [1.82, 2.24) is 26.2 Å². The second-order valence-electron chi connectivity index (χ2n) is 12.5. The zero-order valence-corrected chi connectivity index (χ0v) is 28.2. The minimum absolute atomic E-state index is 0.0384. The molecule has 3 aromatic rings. The predicted molar refractivity (Wildman–Crippen MR) is 184 cm³/mol. The highest BCUT2D eigenvalue weighted by atomic mass is 16.5. The normalized spacial score (nSPS) is 21.2. The van der Waals surface area contributed by atoms with E-state index in [9.17, 15) is 29.1 Å². The Morgan fingerprint density at radius 2 is 1.68 bits per heavy atom. The van der Waals surface area contributed by atoms with Gasteiger partial charge in [-0.25, -0.2) is 0 Å². The van der Waals surface area contributed by atoms with Gasteiger partial charge in [-0.05, 0) is 42.0 Å². The number of aromatic hydroxyl groups is 1. The van der Waals surface area contributed by atoms with E-state index in [2.05, 4.69) is 21.3 Å². The number of amides is 5. The third kappa shape index (κ3) is 8.61. The summed E-state index contributed by atoms with van der Waals surface area (Å²) >= 11 is 0. The quantitative estimate of drug-likeness (QED) is 0.197. The van der Waals surface area contributed by atoms with E-state index in [4.69, 9.17) is 15.2 Å². The van der Waals surface area contributed by atoms with E-state index >= 15 is 0 Å². The van der Waals surface area contributed by atoms with Gasteiger partial charge in [-0.1, -0.05) is 42.5 Å². The topological polar surface area (TPSA) is 201 Å². The summed E-state index contributed by atoms with van der Waals surface area (Å²) in [5, 5.41) is 23.0. The van der Waals surface area contributed by atoms with Gasteiger partial charge >= 0.3 is 0 Å². The Morgan fingerprint density at radius 1 is 0.960 bits per heavy atom. The van der Waals surface area contributed by atoms with Gasteiger partial charge in [0.1, 0.15) is 35.4 Å². The summed E-state index contributed by atoms with van der Waals surface area (Å²) in [5.74, 6) is -2.07. The third-order valence-corrected chi connectivity index (χ3v) is 9.11. The average Bonchev–Trinajstić information content (AvgIpc) is 3.61. The second kappa shape index (κ2) is 16.4. The van der Waals surface area contributed by atoms with Crippen LogP contribution in [0.5, 0.6) is 17.2 Å². The monoisotopic (exact) mass is 688 g/mol. The lowest BCUT2D eigenvalue weighted by molar-refractivity contribution is -0.142. The molecular weight excluding hydrogens is 644 g/mol. The van der Waals surface area contributed by atoms with Gasteiger partial charge in [-0.3, -0.25) is 24.0 Å². The first-order valence-electron chi connectivity index (χ1n) is 16.7. The molecule has 2 fully saturated rings. The molecule has 2 aliphatic heterocycles. The molecule has 5 rings (SSSR count). The second-order valence-corrected chi connectivity index (χ2v) is 12.5. The van der Waals surface area contributed by atoms with Gasteiger partial charge in [0.2, 0.25) is 29.5 Å². The van der Waals surface area contributed by atoms with Crippen LogP contribution in [0, 0.1) is 0 Å². The van der Waals surface area contributed by atoms with Crippen molar-refractivity contribution < 1.29 is 38.6 Å². The standard InChI is InChI=1S/C36H44N6O8/c1-49-30-17-24(43)18-31(50-2)25(30)19-26(37)33(45)40-27-9-5-13-38-32(44)20-39-35(47)29-10-6-14-42(29)36(48)28(41-34(27)46)16-21-11-12-22-7-3-4-8-23(22)15-21/h3-4,7-8,11-12,15,17-18,26-29,43H,5-6,9-10,13-14,16,19-20,37H2,1-2H3,(H,38,44)(H,39,47)(H,40,45)(H,41,46)/t26-,27+,28-,29+/m0/s1. The van der Waals surface area contributed by atoms with Gasteiger partial charge in [-0.15, -0.1) is 0 Å². The molecular formula is C36H44N6O8. The van der Waals surface area contributed by atoms with Gasteiger partial charge < -0.3 is 46.5 Å². The maximum Gasteiger partial charge on any atom is 0.246 e. The molecule has 266 valence electrons. The summed E-state index contributed by atoms with van der Waals surface area (Å²) in [6, 6.07) is 12.3. The Hall–Kier alpha value is -5.37. The minimum Gasteiger partial charge on any atom is -0.508 e. The lowest BCUT2D eigenvalue weighted by atomic mass is 9.99. The number of hydrogen-bond acceptors (Lipinski definition) is 9. The predicted octanol–water partition coefficient (Wildman–Crippen LogP) is 0.662. The van der Waals surface area contributed by atoms with E-state index in [-0.39, 0.29) is 49.6 Å². The van der Waals surface area contributed by atoms with Crippen LogP contribution < -0.4 is 36.5 Å². The fraction of sp³-hybridized carbons (Fsp3) is 0.417. The van der Waals surface area contributed by atoms with Crippen LogP contribution in [-0.2, 0) is 36.8 Å². The molecule has 5 amide bonds. The maximum atomic E-state index is 14.2. The van der Waals surface area contributed by atoms with E-state index in [1.807, 2.05) is 42.5 Å². The molecule has 0 radical (unpaired) electrons. The van der Waals surface area contributed by atoms with Gasteiger partial charge in [0.25, 0.3) is 0 Å². The molecule has 14 nitrogen and oxygen atoms in total. The summed E-state index contributed by atoms with van der Waals surface area (Å²) in [6.45, 7) is 0.234. The average molecular weight is 689 g/mol. The van der Waals surface area contributed by atoms with E-state index in [0.717, 1.165) is 16.3 Å². The molecule has 50 heavy (non-hydrogen) atoms. The molecule has 0 saturated carbocycles. The number of ether oxygens (including phenoxy) is 2. The van der Waals surface area contributed by atoms with Crippen molar-refractivity contribution in [2.45, 2.75) is 62.7 Å². The van der Waals surface area contributed by atoms with Crippen molar-refractivity contribution in [2.75, 3.05) is 33.9 Å². The van der Waals surface area contributed by atoms with Gasteiger partial charge in [0, 0.05) is 43.6 Å². The lowest BCUT2D eigenvalue weighted by Crippen LogP contribution is -2.58. The van der Waals surface area contributed by atoms with E-state index in [0.29, 0.717) is 31.4 Å². The first-order chi connectivity index (χ1) is 24.1. The van der Waals surface area contributed by atoms with Crippen LogP contribution in [0.15, 0.2) is 54.6 Å².